The van der Waals surface area contributed by atoms with E-state index in [1.807, 2.05) is 0 Å². The summed E-state index contributed by atoms with van der Waals surface area (Å²) in [6.45, 7) is 7.15. The van der Waals surface area contributed by atoms with Crippen LogP contribution >= 0.6 is 15.6 Å². The summed E-state index contributed by atoms with van der Waals surface area (Å²) in [6, 6.07) is 0. The Labute approximate surface area is 505 Å². The van der Waals surface area contributed by atoms with Crippen LogP contribution in [0.4, 0.5) is 0 Å². The molecule has 0 saturated carbocycles. The van der Waals surface area contributed by atoms with E-state index in [9.17, 15) is 43.2 Å². The van der Waals surface area contributed by atoms with E-state index in [-0.39, 0.29) is 25.7 Å². The molecule has 0 saturated heterocycles. The topological polar surface area (TPSA) is 237 Å². The van der Waals surface area contributed by atoms with Gasteiger partial charge >= 0.3 is 39.5 Å². The lowest BCUT2D eigenvalue weighted by Crippen LogP contribution is -2.30. The summed E-state index contributed by atoms with van der Waals surface area (Å²) in [4.78, 5) is 72.1. The van der Waals surface area contributed by atoms with Crippen LogP contribution in [0.15, 0.2) is 0 Å². The lowest BCUT2D eigenvalue weighted by atomic mass is 9.99. The highest BCUT2D eigenvalue weighted by atomic mass is 31.2. The number of aliphatic hydroxyl groups excluding tert-OH is 1. The number of carbonyl (C=O) groups is 4. The summed E-state index contributed by atoms with van der Waals surface area (Å²) in [7, 11) is -9.88. The molecule has 17 nitrogen and oxygen atoms in total. The Hall–Kier alpha value is -1.94. The number of carbonyl (C=O) groups excluding carboxylic acids is 4. The Morgan fingerprint density at radius 3 is 0.855 bits per heavy atom. The first-order chi connectivity index (χ1) is 40.1. The van der Waals surface area contributed by atoms with Crippen molar-refractivity contribution in [3.8, 4) is 0 Å². The zero-order chi connectivity index (χ0) is 61.3. The van der Waals surface area contributed by atoms with Crippen molar-refractivity contribution in [2.45, 2.75) is 342 Å². The molecular formula is C64H124O17P2. The molecule has 19 heteroatoms. The molecule has 83 heavy (non-hydrogen) atoms. The van der Waals surface area contributed by atoms with Crippen molar-refractivity contribution in [1.29, 1.82) is 0 Å². The summed E-state index contributed by atoms with van der Waals surface area (Å²) in [5, 5.41) is 10.5. The van der Waals surface area contributed by atoms with Crippen molar-refractivity contribution in [2.24, 2.45) is 5.92 Å². The molecule has 0 aromatic heterocycles. The Morgan fingerprint density at radius 2 is 0.578 bits per heavy atom. The van der Waals surface area contributed by atoms with Crippen molar-refractivity contribution < 1.29 is 80.2 Å². The first kappa shape index (κ1) is 81.1. The van der Waals surface area contributed by atoms with Crippen LogP contribution in [-0.2, 0) is 65.4 Å². The first-order valence-electron chi connectivity index (χ1n) is 33.7. The van der Waals surface area contributed by atoms with Gasteiger partial charge in [0.15, 0.2) is 12.2 Å². The third kappa shape index (κ3) is 57.6. The van der Waals surface area contributed by atoms with Crippen molar-refractivity contribution in [3.63, 3.8) is 0 Å². The van der Waals surface area contributed by atoms with Crippen LogP contribution in [0.5, 0.6) is 0 Å². The molecule has 0 aliphatic carbocycles. The minimum Gasteiger partial charge on any atom is -0.462 e. The molecule has 0 rings (SSSR count). The van der Waals surface area contributed by atoms with E-state index in [2.05, 4.69) is 34.6 Å². The monoisotopic (exact) mass is 1230 g/mol. The second-order valence-electron chi connectivity index (χ2n) is 23.4. The first-order valence-corrected chi connectivity index (χ1v) is 36.7. The number of hydrogen-bond acceptors (Lipinski definition) is 15. The van der Waals surface area contributed by atoms with E-state index in [1.165, 1.54) is 135 Å². The fraction of sp³-hybridized carbons (Fsp3) is 0.938. The lowest BCUT2D eigenvalue weighted by molar-refractivity contribution is -0.161. The molecule has 0 amide bonds. The summed E-state index contributed by atoms with van der Waals surface area (Å²) in [5.41, 5.74) is 0. The molecule has 0 aromatic carbocycles. The van der Waals surface area contributed by atoms with Crippen LogP contribution in [0.2, 0.25) is 0 Å². The van der Waals surface area contributed by atoms with Crippen LogP contribution in [0.1, 0.15) is 324 Å². The minimum atomic E-state index is -4.94. The lowest BCUT2D eigenvalue weighted by Gasteiger charge is -2.21. The number of phosphoric acid groups is 2. The number of phosphoric ester groups is 2. The maximum Gasteiger partial charge on any atom is 0.472 e. The van der Waals surface area contributed by atoms with Gasteiger partial charge in [0.25, 0.3) is 0 Å². The highest BCUT2D eigenvalue weighted by molar-refractivity contribution is 7.47. The highest BCUT2D eigenvalue weighted by Gasteiger charge is 2.30. The fourth-order valence-electron chi connectivity index (χ4n) is 9.55. The molecule has 0 aliphatic rings. The average molecular weight is 1230 g/mol. The van der Waals surface area contributed by atoms with Crippen LogP contribution in [0.25, 0.3) is 0 Å². The van der Waals surface area contributed by atoms with E-state index in [1.54, 1.807) is 0 Å². The molecule has 3 unspecified atom stereocenters. The third-order valence-electron chi connectivity index (χ3n) is 15.1. The van der Waals surface area contributed by atoms with Gasteiger partial charge < -0.3 is 33.8 Å². The zero-order valence-electron chi connectivity index (χ0n) is 53.3. The van der Waals surface area contributed by atoms with Gasteiger partial charge in [0, 0.05) is 25.7 Å². The van der Waals surface area contributed by atoms with Gasteiger partial charge in [-0.2, -0.15) is 0 Å². The molecule has 6 atom stereocenters. The van der Waals surface area contributed by atoms with E-state index in [0.717, 1.165) is 109 Å². The SMILES string of the molecule is CCCCCCCCCCCCCCCCCC(=O)O[C@H](COC(=O)CCCCCCCCCCC(C)CC)COP(=O)(O)OC[C@@H](O)COP(=O)(O)OC[C@@H](COC(=O)CCCCCCCCC)OC(=O)CCCCCCCCCCC. The number of esters is 4. The number of hydrogen-bond donors (Lipinski definition) is 3. The molecule has 0 bridgehead atoms. The van der Waals surface area contributed by atoms with Crippen LogP contribution < -0.4 is 0 Å². The Balaban J connectivity index is 5.21. The number of ether oxygens (including phenoxy) is 4. The maximum atomic E-state index is 13.0. The van der Waals surface area contributed by atoms with Gasteiger partial charge in [-0.15, -0.1) is 0 Å². The second kappa shape index (κ2) is 57.8. The number of aliphatic hydroxyl groups is 1. The van der Waals surface area contributed by atoms with Crippen LogP contribution in [0, 0.1) is 5.92 Å². The Morgan fingerprint density at radius 1 is 0.337 bits per heavy atom. The molecule has 492 valence electrons. The Kier molecular flexibility index (Phi) is 56.4. The van der Waals surface area contributed by atoms with E-state index < -0.39 is 97.5 Å². The van der Waals surface area contributed by atoms with Crippen LogP contribution in [-0.4, -0.2) is 96.7 Å². The van der Waals surface area contributed by atoms with Crippen molar-refractivity contribution in [3.05, 3.63) is 0 Å². The van der Waals surface area contributed by atoms with Crippen molar-refractivity contribution in [2.75, 3.05) is 39.6 Å². The summed E-state index contributed by atoms with van der Waals surface area (Å²) >= 11 is 0. The van der Waals surface area contributed by atoms with E-state index in [0.29, 0.717) is 25.7 Å². The molecule has 0 aromatic rings. The van der Waals surface area contributed by atoms with Gasteiger partial charge in [-0.25, -0.2) is 9.13 Å². The standard InChI is InChI=1S/C64H124O17P2/c1-6-10-13-16-19-21-22-23-24-25-26-28-35-40-45-50-64(69)81-60(54-75-62(67)48-43-38-33-30-29-32-36-41-46-57(5)9-4)56-79-83(72,73)77-52-58(65)51-76-82(70,71)78-55-59(53-74-61(66)47-42-37-31-18-15-12-8-3)80-63(68)49-44-39-34-27-20-17-14-11-7-2/h57-60,65H,6-56H2,1-5H3,(H,70,71)(H,72,73)/t57?,58-,59+,60+/m0/s1. The van der Waals surface area contributed by atoms with Gasteiger partial charge in [-0.3, -0.25) is 37.3 Å². The highest BCUT2D eigenvalue weighted by Crippen LogP contribution is 2.45. The van der Waals surface area contributed by atoms with E-state index >= 15 is 0 Å². The minimum absolute atomic E-state index is 0.105. The van der Waals surface area contributed by atoms with Gasteiger partial charge in [0.2, 0.25) is 0 Å². The molecule has 0 aliphatic heterocycles. The normalized spacial score (nSPS) is 14.6. The predicted molar refractivity (Wildman–Crippen MR) is 331 cm³/mol. The zero-order valence-corrected chi connectivity index (χ0v) is 55.1. The van der Waals surface area contributed by atoms with Gasteiger partial charge in [-0.05, 0) is 31.6 Å². The van der Waals surface area contributed by atoms with Crippen molar-refractivity contribution in [1.82, 2.24) is 0 Å². The summed E-state index contributed by atoms with van der Waals surface area (Å²) in [6.07, 6.45) is 41.7. The Bertz CT molecular complexity index is 1620. The second-order valence-corrected chi connectivity index (χ2v) is 26.3. The summed E-state index contributed by atoms with van der Waals surface area (Å²) in [5.74, 6) is -1.36. The largest absolute Gasteiger partial charge is 0.472 e. The number of unbranched alkanes of at least 4 members (excludes halogenated alkanes) is 35. The molecule has 0 radical (unpaired) electrons. The molecule has 0 heterocycles. The number of rotatable bonds is 64. The molecule has 0 fully saturated rings. The smallest absolute Gasteiger partial charge is 0.462 e. The average Bonchev–Trinajstić information content (AvgIpc) is 3.47. The molecule has 3 N–H and O–H groups in total. The fourth-order valence-corrected chi connectivity index (χ4v) is 11.1. The third-order valence-corrected chi connectivity index (χ3v) is 17.0. The van der Waals surface area contributed by atoms with Crippen LogP contribution in [0.3, 0.4) is 0 Å². The summed E-state index contributed by atoms with van der Waals surface area (Å²) < 4.78 is 67.9. The quantitative estimate of drug-likeness (QED) is 0.0222. The van der Waals surface area contributed by atoms with E-state index in [4.69, 9.17) is 37.0 Å². The molecular weight excluding hydrogens is 1100 g/mol. The predicted octanol–water partition coefficient (Wildman–Crippen LogP) is 17.8. The van der Waals surface area contributed by atoms with Gasteiger partial charge in [-0.1, -0.05) is 272 Å². The van der Waals surface area contributed by atoms with Gasteiger partial charge in [0.05, 0.1) is 26.4 Å². The van der Waals surface area contributed by atoms with Crippen molar-refractivity contribution >= 4 is 39.5 Å². The maximum absolute atomic E-state index is 13.0. The molecule has 0 spiro atoms. The van der Waals surface area contributed by atoms with Gasteiger partial charge in [0.1, 0.15) is 19.3 Å².